The minimum atomic E-state index is -0.737. The van der Waals surface area contributed by atoms with Crippen molar-refractivity contribution in [2.45, 2.75) is 26.3 Å². The van der Waals surface area contributed by atoms with Crippen molar-refractivity contribution >= 4 is 5.97 Å². The minimum absolute atomic E-state index is 0.170. The second-order valence-electron chi connectivity index (χ2n) is 3.88. The van der Waals surface area contributed by atoms with Gasteiger partial charge in [-0.3, -0.25) is 0 Å². The first-order valence-corrected chi connectivity index (χ1v) is 4.93. The van der Waals surface area contributed by atoms with Crippen LogP contribution in [0.25, 0.3) is 0 Å². The third-order valence-electron chi connectivity index (χ3n) is 2.69. The minimum Gasteiger partial charge on any atom is -0.480 e. The molecule has 0 aromatic carbocycles. The topological polar surface area (TPSA) is 43.8 Å². The van der Waals surface area contributed by atoms with Crippen LogP contribution < -0.4 is 0 Å². The number of carboxylic acids is 1. The standard InChI is InChI=1S/C10H18N2O2/c1-4-8(2)9(10(13)14)12-6-5-11(3)7-12/h5-6,8-9H,4,7H2,1-3H3,(H,13,14). The molecule has 0 aromatic rings. The Balaban J connectivity index is 2.69. The smallest absolute Gasteiger partial charge is 0.326 e. The molecule has 4 heteroatoms. The molecule has 0 aromatic heterocycles. The number of rotatable bonds is 4. The fourth-order valence-corrected chi connectivity index (χ4v) is 1.67. The maximum absolute atomic E-state index is 11.1. The van der Waals surface area contributed by atoms with Gasteiger partial charge in [-0.15, -0.1) is 0 Å². The summed E-state index contributed by atoms with van der Waals surface area (Å²) in [6, 6.07) is -0.402. The molecule has 0 fully saturated rings. The van der Waals surface area contributed by atoms with E-state index in [0.29, 0.717) is 6.67 Å². The highest BCUT2D eigenvalue weighted by Gasteiger charge is 2.30. The number of hydrogen-bond acceptors (Lipinski definition) is 3. The van der Waals surface area contributed by atoms with Crippen molar-refractivity contribution in [1.82, 2.24) is 9.80 Å². The Labute approximate surface area is 84.8 Å². The van der Waals surface area contributed by atoms with Gasteiger partial charge in [0.1, 0.15) is 6.04 Å². The normalized spacial score (nSPS) is 19.9. The summed E-state index contributed by atoms with van der Waals surface area (Å²) in [5.41, 5.74) is 0. The molecule has 1 rings (SSSR count). The van der Waals surface area contributed by atoms with E-state index < -0.39 is 12.0 Å². The van der Waals surface area contributed by atoms with E-state index in [0.717, 1.165) is 6.42 Å². The Hall–Kier alpha value is -1.19. The average molecular weight is 198 g/mol. The molecule has 0 spiro atoms. The van der Waals surface area contributed by atoms with Crippen molar-refractivity contribution in [2.24, 2.45) is 5.92 Å². The first-order chi connectivity index (χ1) is 6.56. The molecule has 2 unspecified atom stereocenters. The average Bonchev–Trinajstić information content (AvgIpc) is 2.51. The molecule has 1 aliphatic rings. The zero-order valence-electron chi connectivity index (χ0n) is 8.97. The van der Waals surface area contributed by atoms with Gasteiger partial charge in [-0.05, 0) is 5.92 Å². The summed E-state index contributed by atoms with van der Waals surface area (Å²) < 4.78 is 0. The highest BCUT2D eigenvalue weighted by molar-refractivity contribution is 5.74. The predicted octanol–water partition coefficient (Wildman–Crippen LogP) is 1.16. The van der Waals surface area contributed by atoms with Crippen molar-refractivity contribution in [3.63, 3.8) is 0 Å². The predicted molar refractivity (Wildman–Crippen MR) is 54.5 cm³/mol. The molecule has 0 radical (unpaired) electrons. The molecule has 1 heterocycles. The Morgan fingerprint density at radius 3 is 2.57 bits per heavy atom. The molecular weight excluding hydrogens is 180 g/mol. The van der Waals surface area contributed by atoms with Crippen molar-refractivity contribution in [2.75, 3.05) is 13.7 Å². The van der Waals surface area contributed by atoms with Gasteiger partial charge >= 0.3 is 5.97 Å². The van der Waals surface area contributed by atoms with E-state index >= 15 is 0 Å². The molecule has 14 heavy (non-hydrogen) atoms. The number of hydrogen-bond donors (Lipinski definition) is 1. The lowest BCUT2D eigenvalue weighted by atomic mass is 9.98. The fourth-order valence-electron chi connectivity index (χ4n) is 1.67. The summed E-state index contributed by atoms with van der Waals surface area (Å²) in [5, 5.41) is 9.13. The molecule has 0 saturated heterocycles. The lowest BCUT2D eigenvalue weighted by molar-refractivity contribution is -0.144. The van der Waals surface area contributed by atoms with E-state index in [1.165, 1.54) is 0 Å². The van der Waals surface area contributed by atoms with E-state index in [9.17, 15) is 4.79 Å². The van der Waals surface area contributed by atoms with Gasteiger partial charge in [-0.25, -0.2) is 4.79 Å². The largest absolute Gasteiger partial charge is 0.480 e. The summed E-state index contributed by atoms with van der Waals surface area (Å²) in [5.74, 6) is -0.567. The number of aliphatic carboxylic acids is 1. The van der Waals surface area contributed by atoms with Gasteiger partial charge in [0.2, 0.25) is 0 Å². The summed E-state index contributed by atoms with van der Waals surface area (Å²) >= 11 is 0. The zero-order valence-corrected chi connectivity index (χ0v) is 8.97. The highest BCUT2D eigenvalue weighted by Crippen LogP contribution is 2.18. The Morgan fingerprint density at radius 2 is 2.21 bits per heavy atom. The SMILES string of the molecule is CCC(C)C(C(=O)O)N1C=CN(C)C1. The van der Waals surface area contributed by atoms with Crippen molar-refractivity contribution in [1.29, 1.82) is 0 Å². The van der Waals surface area contributed by atoms with Crippen LogP contribution in [0.15, 0.2) is 12.4 Å². The van der Waals surface area contributed by atoms with Gasteiger partial charge in [0.05, 0.1) is 6.67 Å². The maximum Gasteiger partial charge on any atom is 0.326 e. The second kappa shape index (κ2) is 4.35. The molecule has 80 valence electrons. The van der Waals surface area contributed by atoms with Crippen LogP contribution in [0.4, 0.5) is 0 Å². The molecule has 0 bridgehead atoms. The van der Waals surface area contributed by atoms with Crippen LogP contribution in [-0.4, -0.2) is 40.6 Å². The Bertz CT molecular complexity index is 240. The van der Waals surface area contributed by atoms with Crippen LogP contribution in [0.1, 0.15) is 20.3 Å². The van der Waals surface area contributed by atoms with Crippen LogP contribution in [-0.2, 0) is 4.79 Å². The van der Waals surface area contributed by atoms with E-state index in [4.69, 9.17) is 5.11 Å². The summed E-state index contributed by atoms with van der Waals surface area (Å²) in [4.78, 5) is 14.9. The molecule has 0 saturated carbocycles. The summed E-state index contributed by atoms with van der Waals surface area (Å²) in [6.45, 7) is 4.66. The van der Waals surface area contributed by atoms with Gasteiger partial charge in [-0.2, -0.15) is 0 Å². The van der Waals surface area contributed by atoms with E-state index in [1.807, 2.05) is 43.1 Å². The number of carboxylic acid groups (broad SMARTS) is 1. The highest BCUT2D eigenvalue weighted by atomic mass is 16.4. The van der Waals surface area contributed by atoms with E-state index in [1.54, 1.807) is 0 Å². The van der Waals surface area contributed by atoms with Crippen LogP contribution in [0.5, 0.6) is 0 Å². The zero-order chi connectivity index (χ0) is 10.7. The third kappa shape index (κ3) is 2.19. The summed E-state index contributed by atoms with van der Waals surface area (Å²) in [6.07, 6.45) is 4.63. The van der Waals surface area contributed by atoms with E-state index in [2.05, 4.69) is 0 Å². The first-order valence-electron chi connectivity index (χ1n) is 4.93. The number of carbonyl (C=O) groups is 1. The van der Waals surface area contributed by atoms with Crippen molar-refractivity contribution in [3.05, 3.63) is 12.4 Å². The van der Waals surface area contributed by atoms with Gasteiger partial charge in [0.25, 0.3) is 0 Å². The second-order valence-corrected chi connectivity index (χ2v) is 3.88. The van der Waals surface area contributed by atoms with Gasteiger partial charge in [0, 0.05) is 19.4 Å². The molecule has 1 N–H and O–H groups in total. The van der Waals surface area contributed by atoms with Crippen LogP contribution in [0.2, 0.25) is 0 Å². The molecular formula is C10H18N2O2. The van der Waals surface area contributed by atoms with Gasteiger partial charge in [-0.1, -0.05) is 20.3 Å². The molecule has 0 amide bonds. The van der Waals surface area contributed by atoms with Crippen LogP contribution in [0.3, 0.4) is 0 Å². The van der Waals surface area contributed by atoms with Crippen LogP contribution in [0, 0.1) is 5.92 Å². The molecule has 1 aliphatic heterocycles. The lowest BCUT2D eigenvalue weighted by Crippen LogP contribution is -2.43. The Kier molecular flexibility index (Phi) is 3.38. The maximum atomic E-state index is 11.1. The monoisotopic (exact) mass is 198 g/mol. The molecule has 2 atom stereocenters. The fraction of sp³-hybridized carbons (Fsp3) is 0.700. The van der Waals surface area contributed by atoms with Crippen LogP contribution >= 0.6 is 0 Å². The third-order valence-corrected chi connectivity index (χ3v) is 2.69. The van der Waals surface area contributed by atoms with E-state index in [-0.39, 0.29) is 5.92 Å². The number of nitrogens with zero attached hydrogens (tertiary/aromatic N) is 2. The Morgan fingerprint density at radius 1 is 1.57 bits per heavy atom. The van der Waals surface area contributed by atoms with Gasteiger partial charge in [0.15, 0.2) is 0 Å². The van der Waals surface area contributed by atoms with Crippen molar-refractivity contribution in [3.8, 4) is 0 Å². The quantitative estimate of drug-likeness (QED) is 0.736. The first kappa shape index (κ1) is 10.9. The molecule has 4 nitrogen and oxygen atoms in total. The summed E-state index contributed by atoms with van der Waals surface area (Å²) in [7, 11) is 1.94. The van der Waals surface area contributed by atoms with Gasteiger partial charge < -0.3 is 14.9 Å². The van der Waals surface area contributed by atoms with Crippen molar-refractivity contribution < 1.29 is 9.90 Å². The molecule has 0 aliphatic carbocycles. The lowest BCUT2D eigenvalue weighted by Gasteiger charge is -2.29.